The number of nitrogens with one attached hydrogen (secondary N) is 1. The molecule has 176 valence electrons. The van der Waals surface area contributed by atoms with Crippen molar-refractivity contribution in [1.29, 1.82) is 0 Å². The zero-order valence-electron chi connectivity index (χ0n) is 19.6. The summed E-state index contributed by atoms with van der Waals surface area (Å²) in [4.78, 5) is 19.2. The minimum atomic E-state index is -0.0298. The summed E-state index contributed by atoms with van der Waals surface area (Å²) in [5.41, 5.74) is 5.40. The number of amides is 1. The van der Waals surface area contributed by atoms with E-state index < -0.39 is 0 Å². The maximum atomic E-state index is 13.0. The normalized spacial score (nSPS) is 11.0. The zero-order chi connectivity index (χ0) is 24.0. The van der Waals surface area contributed by atoms with Gasteiger partial charge in [0.1, 0.15) is 18.0 Å². The van der Waals surface area contributed by atoms with Crippen LogP contribution in [0.3, 0.4) is 0 Å². The molecule has 0 aliphatic rings. The molecular formula is C28H27N5O2. The fraction of sp³-hybridized carbons (Fsp3) is 0.179. The van der Waals surface area contributed by atoms with Gasteiger partial charge in [-0.05, 0) is 49.2 Å². The number of aryl methyl sites for hydroxylation is 1. The number of fused-ring (bicyclic) bond motifs is 1. The van der Waals surface area contributed by atoms with Gasteiger partial charge in [0.25, 0.3) is 5.91 Å². The topological polar surface area (TPSA) is 75.5 Å². The standard InChI is InChI=1S/C28H27N5O2/c1-32(15-8-12-23-18-26(31-30-23)21-9-3-2-4-10-21)28(34)22-11-7-13-25(17-22)35-20-24-19-33-16-6-5-14-27(33)29-24/h2-7,9-11,13-14,16-19H,8,12,15,20H2,1H3,(H,30,31). The number of H-pyrrole nitrogens is 1. The quantitative estimate of drug-likeness (QED) is 0.332. The molecular weight excluding hydrogens is 438 g/mol. The molecule has 7 nitrogen and oxygen atoms in total. The Morgan fingerprint density at radius 1 is 1.03 bits per heavy atom. The lowest BCUT2D eigenvalue weighted by molar-refractivity contribution is 0.0793. The number of aromatic nitrogens is 4. The maximum Gasteiger partial charge on any atom is 0.253 e. The second-order valence-corrected chi connectivity index (χ2v) is 8.49. The molecule has 0 aliphatic heterocycles. The second-order valence-electron chi connectivity index (χ2n) is 8.49. The van der Waals surface area contributed by atoms with Gasteiger partial charge in [-0.25, -0.2) is 4.98 Å². The summed E-state index contributed by atoms with van der Waals surface area (Å²) in [6.45, 7) is 0.981. The maximum absolute atomic E-state index is 13.0. The molecule has 3 heterocycles. The molecule has 1 amide bonds. The SMILES string of the molecule is CN(CCCc1cc(-c2ccccc2)n[nH]1)C(=O)c1cccc(OCc2cn3ccccc3n2)c1. The average Bonchev–Trinajstić information content (AvgIpc) is 3.54. The second kappa shape index (κ2) is 10.3. The predicted molar refractivity (Wildman–Crippen MR) is 135 cm³/mol. The Bertz CT molecular complexity index is 1390. The number of hydrogen-bond donors (Lipinski definition) is 1. The van der Waals surface area contributed by atoms with Gasteiger partial charge < -0.3 is 14.0 Å². The Balaban J connectivity index is 1.13. The molecule has 3 aromatic heterocycles. The van der Waals surface area contributed by atoms with E-state index in [9.17, 15) is 4.79 Å². The molecule has 0 radical (unpaired) electrons. The first-order chi connectivity index (χ1) is 17.2. The number of ether oxygens (including phenoxy) is 1. The summed E-state index contributed by atoms with van der Waals surface area (Å²) in [5, 5.41) is 7.51. The van der Waals surface area contributed by atoms with Crippen LogP contribution in [0.2, 0.25) is 0 Å². The van der Waals surface area contributed by atoms with Crippen molar-refractivity contribution in [3.63, 3.8) is 0 Å². The van der Waals surface area contributed by atoms with E-state index in [1.54, 1.807) is 11.0 Å². The smallest absolute Gasteiger partial charge is 0.253 e. The van der Waals surface area contributed by atoms with E-state index >= 15 is 0 Å². The summed E-state index contributed by atoms with van der Waals surface area (Å²) in [6.07, 6.45) is 5.55. The Morgan fingerprint density at radius 3 is 2.74 bits per heavy atom. The van der Waals surface area contributed by atoms with Crippen molar-refractivity contribution in [1.82, 2.24) is 24.5 Å². The summed E-state index contributed by atoms with van der Waals surface area (Å²) >= 11 is 0. The van der Waals surface area contributed by atoms with Gasteiger partial charge in [-0.2, -0.15) is 5.10 Å². The first-order valence-corrected chi connectivity index (χ1v) is 11.7. The monoisotopic (exact) mass is 465 g/mol. The Morgan fingerprint density at radius 2 is 1.89 bits per heavy atom. The highest BCUT2D eigenvalue weighted by molar-refractivity contribution is 5.94. The van der Waals surface area contributed by atoms with Crippen molar-refractivity contribution in [2.45, 2.75) is 19.4 Å². The summed E-state index contributed by atoms with van der Waals surface area (Å²) in [5.74, 6) is 0.616. The highest BCUT2D eigenvalue weighted by Crippen LogP contribution is 2.19. The minimum absolute atomic E-state index is 0.0298. The molecule has 5 rings (SSSR count). The molecule has 0 unspecified atom stereocenters. The highest BCUT2D eigenvalue weighted by Gasteiger charge is 2.13. The first-order valence-electron chi connectivity index (χ1n) is 11.7. The van der Waals surface area contributed by atoms with Gasteiger partial charge in [-0.1, -0.05) is 42.5 Å². The van der Waals surface area contributed by atoms with E-state index in [0.717, 1.165) is 41.1 Å². The van der Waals surface area contributed by atoms with Gasteiger partial charge in [0.15, 0.2) is 0 Å². The molecule has 35 heavy (non-hydrogen) atoms. The van der Waals surface area contributed by atoms with Gasteiger partial charge in [0.05, 0.1) is 11.4 Å². The van der Waals surface area contributed by atoms with Crippen LogP contribution in [-0.4, -0.2) is 44.0 Å². The molecule has 2 aromatic carbocycles. The lowest BCUT2D eigenvalue weighted by Crippen LogP contribution is -2.28. The van der Waals surface area contributed by atoms with Crippen LogP contribution in [-0.2, 0) is 13.0 Å². The summed E-state index contributed by atoms with van der Waals surface area (Å²) in [7, 11) is 1.83. The molecule has 0 bridgehead atoms. The number of aromatic amines is 1. The van der Waals surface area contributed by atoms with Crippen molar-refractivity contribution >= 4 is 11.6 Å². The third-order valence-corrected chi connectivity index (χ3v) is 5.87. The van der Waals surface area contributed by atoms with E-state index in [0.29, 0.717) is 24.5 Å². The lowest BCUT2D eigenvalue weighted by atomic mass is 10.1. The first kappa shape index (κ1) is 22.4. The summed E-state index contributed by atoms with van der Waals surface area (Å²) in [6, 6.07) is 25.3. The van der Waals surface area contributed by atoms with Crippen LogP contribution in [0.4, 0.5) is 0 Å². The molecule has 0 saturated carbocycles. The van der Waals surface area contributed by atoms with Crippen LogP contribution < -0.4 is 4.74 Å². The van der Waals surface area contributed by atoms with Crippen LogP contribution in [0.25, 0.3) is 16.9 Å². The number of carbonyl (C=O) groups excluding carboxylic acids is 1. The molecule has 1 N–H and O–H groups in total. The van der Waals surface area contributed by atoms with Crippen molar-refractivity contribution in [3.8, 4) is 17.0 Å². The largest absolute Gasteiger partial charge is 0.487 e. The molecule has 7 heteroatoms. The van der Waals surface area contributed by atoms with E-state index in [4.69, 9.17) is 4.74 Å². The number of imidazole rings is 1. The van der Waals surface area contributed by atoms with E-state index in [2.05, 4.69) is 21.2 Å². The van der Waals surface area contributed by atoms with Crippen LogP contribution in [0.1, 0.15) is 28.2 Å². The third kappa shape index (κ3) is 5.41. The van der Waals surface area contributed by atoms with Gasteiger partial charge in [0, 0.05) is 42.8 Å². The molecule has 0 aliphatic carbocycles. The molecule has 0 saturated heterocycles. The van der Waals surface area contributed by atoms with Gasteiger partial charge in [-0.3, -0.25) is 9.89 Å². The Labute approximate surface area is 204 Å². The Kier molecular flexibility index (Phi) is 6.57. The van der Waals surface area contributed by atoms with E-state index in [-0.39, 0.29) is 5.91 Å². The van der Waals surface area contributed by atoms with Crippen LogP contribution in [0.5, 0.6) is 5.75 Å². The van der Waals surface area contributed by atoms with E-state index in [1.165, 1.54) is 0 Å². The van der Waals surface area contributed by atoms with Crippen molar-refractivity contribution in [3.05, 3.63) is 108 Å². The Hall–Kier alpha value is -4.39. The van der Waals surface area contributed by atoms with Gasteiger partial charge >= 0.3 is 0 Å². The number of carbonyl (C=O) groups is 1. The number of hydrogen-bond acceptors (Lipinski definition) is 4. The number of rotatable bonds is 9. The fourth-order valence-electron chi connectivity index (χ4n) is 4.01. The number of pyridine rings is 1. The zero-order valence-corrected chi connectivity index (χ0v) is 19.6. The van der Waals surface area contributed by atoms with Gasteiger partial charge in [-0.15, -0.1) is 0 Å². The van der Waals surface area contributed by atoms with E-state index in [1.807, 2.05) is 90.6 Å². The van der Waals surface area contributed by atoms with Crippen molar-refractivity contribution in [2.75, 3.05) is 13.6 Å². The van der Waals surface area contributed by atoms with Crippen LogP contribution >= 0.6 is 0 Å². The van der Waals surface area contributed by atoms with Gasteiger partial charge in [0.2, 0.25) is 0 Å². The number of nitrogens with zero attached hydrogens (tertiary/aromatic N) is 4. The lowest BCUT2D eigenvalue weighted by Gasteiger charge is -2.17. The highest BCUT2D eigenvalue weighted by atomic mass is 16.5. The van der Waals surface area contributed by atoms with Crippen molar-refractivity contribution in [2.24, 2.45) is 0 Å². The molecule has 0 fully saturated rings. The molecule has 0 atom stereocenters. The summed E-state index contributed by atoms with van der Waals surface area (Å²) < 4.78 is 7.87. The van der Waals surface area contributed by atoms with Crippen LogP contribution in [0.15, 0.2) is 91.3 Å². The predicted octanol–water partition coefficient (Wildman–Crippen LogP) is 5.01. The van der Waals surface area contributed by atoms with Crippen molar-refractivity contribution < 1.29 is 9.53 Å². The number of benzene rings is 2. The minimum Gasteiger partial charge on any atom is -0.487 e. The third-order valence-electron chi connectivity index (χ3n) is 5.87. The molecule has 0 spiro atoms. The molecule has 5 aromatic rings. The van der Waals surface area contributed by atoms with Crippen LogP contribution in [0, 0.1) is 0 Å². The average molecular weight is 466 g/mol. The fourth-order valence-corrected chi connectivity index (χ4v) is 4.01.